The van der Waals surface area contributed by atoms with Crippen molar-refractivity contribution < 1.29 is 9.59 Å². The highest BCUT2D eigenvalue weighted by Crippen LogP contribution is 2.27. The monoisotopic (exact) mass is 343 g/mol. The van der Waals surface area contributed by atoms with Crippen LogP contribution < -0.4 is 10.2 Å². The zero-order chi connectivity index (χ0) is 17.1. The first-order valence-corrected chi connectivity index (χ1v) is 8.18. The van der Waals surface area contributed by atoms with Crippen LogP contribution in [0.15, 0.2) is 48.8 Å². The van der Waals surface area contributed by atoms with Crippen LogP contribution in [0, 0.1) is 5.92 Å². The number of hydrogen-bond donors (Lipinski definition) is 1. The molecule has 0 radical (unpaired) electrons. The van der Waals surface area contributed by atoms with Gasteiger partial charge in [0.15, 0.2) is 0 Å². The van der Waals surface area contributed by atoms with Crippen LogP contribution in [-0.2, 0) is 9.59 Å². The fourth-order valence-electron chi connectivity index (χ4n) is 2.84. The molecule has 5 nitrogen and oxygen atoms in total. The van der Waals surface area contributed by atoms with Crippen LogP contribution in [-0.4, -0.2) is 23.3 Å². The molecule has 2 atom stereocenters. The fraction of sp³-hybridized carbons (Fsp3) is 0.278. The van der Waals surface area contributed by atoms with Crippen LogP contribution in [0.3, 0.4) is 0 Å². The van der Waals surface area contributed by atoms with Crippen LogP contribution in [0.5, 0.6) is 0 Å². The molecule has 124 valence electrons. The Morgan fingerprint density at radius 2 is 2.08 bits per heavy atom. The minimum absolute atomic E-state index is 0.0611. The second kappa shape index (κ2) is 7.01. The standard InChI is InChI=1S/C18H18ClN3O2/c1-12(13-5-7-20-8-6-13)21-18(24)14-9-17(23)22(11-14)16-4-2-3-15(19)10-16/h2-8,10,12,14H,9,11H2,1H3,(H,21,24)/t12-,14+/m1/s1. The molecular weight excluding hydrogens is 326 g/mol. The van der Waals surface area contributed by atoms with Gasteiger partial charge in [0.25, 0.3) is 0 Å². The second-order valence-corrected chi connectivity index (χ2v) is 6.33. The lowest BCUT2D eigenvalue weighted by molar-refractivity contribution is -0.126. The largest absolute Gasteiger partial charge is 0.349 e. The maximum absolute atomic E-state index is 12.5. The Morgan fingerprint density at radius 1 is 1.33 bits per heavy atom. The Balaban J connectivity index is 1.66. The number of carbonyl (C=O) groups is 2. The highest BCUT2D eigenvalue weighted by atomic mass is 35.5. The van der Waals surface area contributed by atoms with Gasteiger partial charge < -0.3 is 10.2 Å². The van der Waals surface area contributed by atoms with Crippen molar-refractivity contribution >= 4 is 29.1 Å². The summed E-state index contributed by atoms with van der Waals surface area (Å²) in [6.45, 7) is 2.28. The number of aromatic nitrogens is 1. The van der Waals surface area contributed by atoms with E-state index in [0.29, 0.717) is 11.6 Å². The number of nitrogens with one attached hydrogen (secondary N) is 1. The SMILES string of the molecule is C[C@@H](NC(=O)[C@H]1CC(=O)N(c2cccc(Cl)c2)C1)c1ccncc1. The van der Waals surface area contributed by atoms with Crippen LogP contribution in [0.4, 0.5) is 5.69 Å². The molecule has 1 aromatic carbocycles. The van der Waals surface area contributed by atoms with Crippen LogP contribution in [0.25, 0.3) is 0 Å². The molecule has 0 unspecified atom stereocenters. The Labute approximate surface area is 145 Å². The van der Waals surface area contributed by atoms with Gasteiger partial charge in [-0.1, -0.05) is 17.7 Å². The molecule has 1 N–H and O–H groups in total. The number of amides is 2. The number of nitrogens with zero attached hydrogens (tertiary/aromatic N) is 2. The Bertz CT molecular complexity index is 751. The van der Waals surface area contributed by atoms with Gasteiger partial charge >= 0.3 is 0 Å². The number of anilines is 1. The van der Waals surface area contributed by atoms with E-state index in [1.54, 1.807) is 35.5 Å². The van der Waals surface area contributed by atoms with E-state index in [-0.39, 0.29) is 30.2 Å². The normalized spacial score (nSPS) is 18.5. The maximum Gasteiger partial charge on any atom is 0.227 e. The molecule has 2 aromatic rings. The summed E-state index contributed by atoms with van der Waals surface area (Å²) in [4.78, 5) is 30.3. The molecule has 0 spiro atoms. The molecule has 0 saturated carbocycles. The van der Waals surface area contributed by atoms with Gasteiger partial charge in [0.1, 0.15) is 0 Å². The van der Waals surface area contributed by atoms with Gasteiger partial charge in [-0.05, 0) is 42.8 Å². The lowest BCUT2D eigenvalue weighted by atomic mass is 10.1. The van der Waals surface area contributed by atoms with Crippen molar-refractivity contribution in [1.82, 2.24) is 10.3 Å². The van der Waals surface area contributed by atoms with E-state index >= 15 is 0 Å². The summed E-state index contributed by atoms with van der Waals surface area (Å²) in [5, 5.41) is 3.54. The van der Waals surface area contributed by atoms with E-state index in [2.05, 4.69) is 10.3 Å². The first-order chi connectivity index (χ1) is 11.5. The van der Waals surface area contributed by atoms with Gasteiger partial charge in [-0.25, -0.2) is 0 Å². The van der Waals surface area contributed by atoms with Crippen molar-refractivity contribution in [1.29, 1.82) is 0 Å². The van der Waals surface area contributed by atoms with E-state index in [9.17, 15) is 9.59 Å². The molecule has 2 heterocycles. The fourth-order valence-corrected chi connectivity index (χ4v) is 3.03. The van der Waals surface area contributed by atoms with E-state index in [4.69, 9.17) is 11.6 Å². The summed E-state index contributed by atoms with van der Waals surface area (Å²) in [5.41, 5.74) is 1.71. The Kier molecular flexibility index (Phi) is 4.81. The third-order valence-corrected chi connectivity index (χ3v) is 4.42. The molecule has 2 amide bonds. The second-order valence-electron chi connectivity index (χ2n) is 5.90. The van der Waals surface area contributed by atoms with Gasteiger partial charge in [-0.3, -0.25) is 14.6 Å². The molecular formula is C18H18ClN3O2. The number of halogens is 1. The van der Waals surface area contributed by atoms with E-state index in [1.807, 2.05) is 25.1 Å². The van der Waals surface area contributed by atoms with Gasteiger partial charge in [-0.15, -0.1) is 0 Å². The Hall–Kier alpha value is -2.40. The maximum atomic E-state index is 12.5. The van der Waals surface area contributed by atoms with Gasteiger partial charge in [0.05, 0.1) is 12.0 Å². The minimum atomic E-state index is -0.360. The van der Waals surface area contributed by atoms with Crippen molar-refractivity contribution in [2.24, 2.45) is 5.92 Å². The van der Waals surface area contributed by atoms with Crippen LogP contribution in [0.1, 0.15) is 24.9 Å². The zero-order valence-electron chi connectivity index (χ0n) is 13.3. The number of hydrogen-bond acceptors (Lipinski definition) is 3. The molecule has 1 aromatic heterocycles. The summed E-state index contributed by atoms with van der Waals surface area (Å²) in [6.07, 6.45) is 3.59. The molecule has 0 bridgehead atoms. The smallest absolute Gasteiger partial charge is 0.227 e. The number of pyridine rings is 1. The molecule has 6 heteroatoms. The van der Waals surface area contributed by atoms with Crippen molar-refractivity contribution in [3.8, 4) is 0 Å². The zero-order valence-corrected chi connectivity index (χ0v) is 14.0. The van der Waals surface area contributed by atoms with Crippen molar-refractivity contribution in [3.63, 3.8) is 0 Å². The predicted octanol–water partition coefficient (Wildman–Crippen LogP) is 2.97. The molecule has 0 aliphatic carbocycles. The average molecular weight is 344 g/mol. The van der Waals surface area contributed by atoms with E-state index in [1.165, 1.54) is 0 Å². The van der Waals surface area contributed by atoms with Crippen LogP contribution >= 0.6 is 11.6 Å². The third kappa shape index (κ3) is 3.57. The topological polar surface area (TPSA) is 62.3 Å². The highest BCUT2D eigenvalue weighted by Gasteiger charge is 2.35. The van der Waals surface area contributed by atoms with Crippen LogP contribution in [0.2, 0.25) is 5.02 Å². The molecule has 1 aliphatic heterocycles. The van der Waals surface area contributed by atoms with Gasteiger partial charge in [0.2, 0.25) is 11.8 Å². The summed E-state index contributed by atoms with van der Waals surface area (Å²) >= 11 is 5.98. The molecule has 1 fully saturated rings. The lowest BCUT2D eigenvalue weighted by Crippen LogP contribution is -2.34. The molecule has 24 heavy (non-hydrogen) atoms. The Morgan fingerprint density at radius 3 is 2.79 bits per heavy atom. The van der Waals surface area contributed by atoms with Crippen molar-refractivity contribution in [2.75, 3.05) is 11.4 Å². The first kappa shape index (κ1) is 16.5. The average Bonchev–Trinajstić information content (AvgIpc) is 2.97. The molecule has 1 aliphatic rings. The van der Waals surface area contributed by atoms with Crippen molar-refractivity contribution in [2.45, 2.75) is 19.4 Å². The predicted molar refractivity (Wildman–Crippen MR) is 92.7 cm³/mol. The minimum Gasteiger partial charge on any atom is -0.349 e. The summed E-state index contributed by atoms with van der Waals surface area (Å²) in [6, 6.07) is 10.7. The van der Waals surface area contributed by atoms with Gasteiger partial charge in [0, 0.05) is 36.1 Å². The summed E-state index contributed by atoms with van der Waals surface area (Å²) < 4.78 is 0. The molecule has 3 rings (SSSR count). The van der Waals surface area contributed by atoms with E-state index < -0.39 is 0 Å². The quantitative estimate of drug-likeness (QED) is 0.928. The first-order valence-electron chi connectivity index (χ1n) is 7.81. The number of benzene rings is 1. The number of carbonyl (C=O) groups excluding carboxylic acids is 2. The van der Waals surface area contributed by atoms with Gasteiger partial charge in [-0.2, -0.15) is 0 Å². The lowest BCUT2D eigenvalue weighted by Gasteiger charge is -2.19. The van der Waals surface area contributed by atoms with Crippen molar-refractivity contribution in [3.05, 3.63) is 59.4 Å². The van der Waals surface area contributed by atoms with E-state index in [0.717, 1.165) is 11.3 Å². The molecule has 1 saturated heterocycles. The number of rotatable bonds is 4. The highest BCUT2D eigenvalue weighted by molar-refractivity contribution is 6.30. The summed E-state index contributed by atoms with van der Waals surface area (Å²) in [7, 11) is 0. The summed E-state index contributed by atoms with van der Waals surface area (Å²) in [5.74, 6) is -0.535. The third-order valence-electron chi connectivity index (χ3n) is 4.18.